The molecule has 0 amide bonds. The van der Waals surface area contributed by atoms with Crippen LogP contribution < -0.4 is 0 Å². The summed E-state index contributed by atoms with van der Waals surface area (Å²) < 4.78 is 0. The van der Waals surface area contributed by atoms with Gasteiger partial charge >= 0.3 is 5.97 Å². The number of hydrogen-bond acceptors (Lipinski definition) is 4. The van der Waals surface area contributed by atoms with Crippen molar-refractivity contribution in [1.29, 1.82) is 0 Å². The Morgan fingerprint density at radius 3 is 2.75 bits per heavy atom. The first-order valence-electron chi connectivity index (χ1n) is 4.52. The van der Waals surface area contributed by atoms with Crippen LogP contribution in [0.2, 0.25) is 0 Å². The predicted octanol–water partition coefficient (Wildman–Crippen LogP) is 1.55. The van der Waals surface area contributed by atoms with Crippen molar-refractivity contribution in [1.82, 2.24) is 9.97 Å². The van der Waals surface area contributed by atoms with E-state index >= 15 is 0 Å². The second kappa shape index (κ2) is 3.98. The molecule has 0 saturated heterocycles. The fourth-order valence-corrected chi connectivity index (χ4v) is 1.29. The van der Waals surface area contributed by atoms with Crippen LogP contribution in [0.15, 0.2) is 36.5 Å². The number of carbonyl (C=O) groups is 1. The molecule has 2 rings (SSSR count). The average Bonchev–Trinajstić information content (AvgIpc) is 2.29. The van der Waals surface area contributed by atoms with Gasteiger partial charge in [0.15, 0.2) is 0 Å². The Balaban J connectivity index is 2.48. The Morgan fingerprint density at radius 2 is 2.06 bits per heavy atom. The molecule has 0 saturated carbocycles. The molecule has 0 fully saturated rings. The minimum Gasteiger partial charge on any atom is -0.508 e. The Labute approximate surface area is 91.0 Å². The molecule has 80 valence electrons. The topological polar surface area (TPSA) is 83.3 Å². The number of aromatic carboxylic acids is 1. The van der Waals surface area contributed by atoms with Crippen LogP contribution in [0.3, 0.4) is 0 Å². The van der Waals surface area contributed by atoms with Gasteiger partial charge in [0.25, 0.3) is 0 Å². The van der Waals surface area contributed by atoms with E-state index in [-0.39, 0.29) is 11.6 Å². The Morgan fingerprint density at radius 1 is 1.25 bits per heavy atom. The van der Waals surface area contributed by atoms with Gasteiger partial charge < -0.3 is 10.2 Å². The zero-order valence-corrected chi connectivity index (χ0v) is 8.16. The van der Waals surface area contributed by atoms with E-state index in [9.17, 15) is 9.90 Å². The highest BCUT2D eigenvalue weighted by atomic mass is 16.4. The van der Waals surface area contributed by atoms with Crippen molar-refractivity contribution in [2.24, 2.45) is 0 Å². The summed E-state index contributed by atoms with van der Waals surface area (Å²) in [5.41, 5.74) is 1.10. The van der Waals surface area contributed by atoms with Gasteiger partial charge in [0.05, 0.1) is 5.69 Å². The first-order valence-corrected chi connectivity index (χ1v) is 4.52. The van der Waals surface area contributed by atoms with Gasteiger partial charge in [0.1, 0.15) is 5.75 Å². The summed E-state index contributed by atoms with van der Waals surface area (Å²) in [5.74, 6) is -1.34. The standard InChI is InChI=1S/C11H8N2O3/c14-8-3-1-2-7(6-8)9-4-5-12-10(13-9)11(15)16/h1-6,14H,(H,15,16). The van der Waals surface area contributed by atoms with Crippen molar-refractivity contribution in [3.63, 3.8) is 0 Å². The van der Waals surface area contributed by atoms with Gasteiger partial charge in [0, 0.05) is 11.8 Å². The van der Waals surface area contributed by atoms with Gasteiger partial charge in [-0.2, -0.15) is 0 Å². The van der Waals surface area contributed by atoms with E-state index < -0.39 is 5.97 Å². The van der Waals surface area contributed by atoms with Crippen LogP contribution in [0.4, 0.5) is 0 Å². The largest absolute Gasteiger partial charge is 0.508 e. The highest BCUT2D eigenvalue weighted by Gasteiger charge is 2.08. The van der Waals surface area contributed by atoms with E-state index in [1.54, 1.807) is 18.2 Å². The quantitative estimate of drug-likeness (QED) is 0.795. The molecule has 0 atom stereocenters. The molecule has 0 aliphatic heterocycles. The maximum atomic E-state index is 10.7. The first-order chi connectivity index (χ1) is 7.66. The van der Waals surface area contributed by atoms with Crippen LogP contribution in [0, 0.1) is 0 Å². The highest BCUT2D eigenvalue weighted by molar-refractivity contribution is 5.83. The zero-order valence-electron chi connectivity index (χ0n) is 8.16. The summed E-state index contributed by atoms with van der Waals surface area (Å²) in [4.78, 5) is 18.2. The summed E-state index contributed by atoms with van der Waals surface area (Å²) in [6, 6.07) is 8.01. The van der Waals surface area contributed by atoms with Crippen LogP contribution >= 0.6 is 0 Å². The number of carboxylic acid groups (broad SMARTS) is 1. The molecule has 2 N–H and O–H groups in total. The van der Waals surface area contributed by atoms with Crippen molar-refractivity contribution in [3.8, 4) is 17.0 Å². The van der Waals surface area contributed by atoms with E-state index in [0.29, 0.717) is 11.3 Å². The number of carboxylic acids is 1. The fraction of sp³-hybridized carbons (Fsp3) is 0. The fourth-order valence-electron chi connectivity index (χ4n) is 1.29. The van der Waals surface area contributed by atoms with Gasteiger partial charge in [-0.05, 0) is 18.2 Å². The van der Waals surface area contributed by atoms with Crippen LogP contribution in [0.5, 0.6) is 5.75 Å². The van der Waals surface area contributed by atoms with Crippen LogP contribution in [0.1, 0.15) is 10.6 Å². The van der Waals surface area contributed by atoms with Gasteiger partial charge in [-0.25, -0.2) is 14.8 Å². The van der Waals surface area contributed by atoms with Gasteiger partial charge in [0.2, 0.25) is 5.82 Å². The van der Waals surface area contributed by atoms with Crippen molar-refractivity contribution in [2.75, 3.05) is 0 Å². The molecule has 1 aromatic carbocycles. The lowest BCUT2D eigenvalue weighted by Crippen LogP contribution is -2.03. The van der Waals surface area contributed by atoms with Crippen molar-refractivity contribution in [3.05, 3.63) is 42.4 Å². The number of phenolic OH excluding ortho intramolecular Hbond substituents is 1. The third kappa shape index (κ3) is 1.98. The zero-order chi connectivity index (χ0) is 11.5. The number of nitrogens with zero attached hydrogens (tertiary/aromatic N) is 2. The van der Waals surface area contributed by atoms with Crippen LogP contribution in [-0.4, -0.2) is 26.2 Å². The smallest absolute Gasteiger partial charge is 0.373 e. The molecule has 0 spiro atoms. The maximum Gasteiger partial charge on any atom is 0.373 e. The third-order valence-electron chi connectivity index (χ3n) is 1.99. The minimum atomic E-state index is -1.18. The van der Waals surface area contributed by atoms with Gasteiger partial charge in [-0.1, -0.05) is 12.1 Å². The minimum absolute atomic E-state index is 0.105. The van der Waals surface area contributed by atoms with Gasteiger partial charge in [-0.15, -0.1) is 0 Å². The second-order valence-corrected chi connectivity index (χ2v) is 3.12. The molecule has 2 aromatic rings. The number of rotatable bonds is 2. The molecule has 0 aliphatic rings. The molecular formula is C11H8N2O3. The Hall–Kier alpha value is -2.43. The van der Waals surface area contributed by atoms with Gasteiger partial charge in [-0.3, -0.25) is 0 Å². The van der Waals surface area contributed by atoms with Crippen molar-refractivity contribution in [2.45, 2.75) is 0 Å². The summed E-state index contributed by atoms with van der Waals surface area (Å²) in [6.07, 6.45) is 1.37. The second-order valence-electron chi connectivity index (χ2n) is 3.12. The lowest BCUT2D eigenvalue weighted by atomic mass is 10.1. The molecule has 1 heterocycles. The molecule has 0 bridgehead atoms. The monoisotopic (exact) mass is 216 g/mol. The molecule has 5 heteroatoms. The highest BCUT2D eigenvalue weighted by Crippen LogP contribution is 2.20. The molecule has 0 unspecified atom stereocenters. The van der Waals surface area contributed by atoms with E-state index in [0.717, 1.165) is 0 Å². The number of phenols is 1. The molecule has 1 aromatic heterocycles. The summed E-state index contributed by atoms with van der Waals surface area (Å²) in [5, 5.41) is 18.0. The average molecular weight is 216 g/mol. The van der Waals surface area contributed by atoms with E-state index in [1.807, 2.05) is 0 Å². The maximum absolute atomic E-state index is 10.7. The Kier molecular flexibility index (Phi) is 2.51. The lowest BCUT2D eigenvalue weighted by molar-refractivity contribution is 0.0683. The molecule has 16 heavy (non-hydrogen) atoms. The first kappa shape index (κ1) is 10.1. The summed E-state index contributed by atoms with van der Waals surface area (Å²) in [7, 11) is 0. The van der Waals surface area contributed by atoms with Crippen molar-refractivity contribution >= 4 is 5.97 Å². The lowest BCUT2D eigenvalue weighted by Gasteiger charge is -2.01. The van der Waals surface area contributed by atoms with E-state index in [1.165, 1.54) is 18.3 Å². The summed E-state index contributed by atoms with van der Waals surface area (Å²) in [6.45, 7) is 0. The Bertz CT molecular complexity index is 540. The normalized spacial score (nSPS) is 10.0. The predicted molar refractivity (Wildman–Crippen MR) is 56.1 cm³/mol. The van der Waals surface area contributed by atoms with Crippen molar-refractivity contribution < 1.29 is 15.0 Å². The SMILES string of the molecule is O=C(O)c1nccc(-c2cccc(O)c2)n1. The van der Waals surface area contributed by atoms with Crippen LogP contribution in [-0.2, 0) is 0 Å². The number of hydrogen-bond donors (Lipinski definition) is 2. The third-order valence-corrected chi connectivity index (χ3v) is 1.99. The van der Waals surface area contributed by atoms with Crippen LogP contribution in [0.25, 0.3) is 11.3 Å². The summed E-state index contributed by atoms with van der Waals surface area (Å²) >= 11 is 0. The molecule has 0 aliphatic carbocycles. The molecular weight excluding hydrogens is 208 g/mol. The number of benzene rings is 1. The molecule has 5 nitrogen and oxygen atoms in total. The van der Waals surface area contributed by atoms with E-state index in [2.05, 4.69) is 9.97 Å². The number of aromatic hydroxyl groups is 1. The molecule has 0 radical (unpaired) electrons. The van der Waals surface area contributed by atoms with E-state index in [4.69, 9.17) is 5.11 Å². The number of aromatic nitrogens is 2.